The van der Waals surface area contributed by atoms with Crippen LogP contribution < -0.4 is 4.74 Å². The lowest BCUT2D eigenvalue weighted by Crippen LogP contribution is -1.92. The number of rotatable bonds is 5. The minimum atomic E-state index is -0.0321. The molecular formula is C21H22N4O. The second-order valence-corrected chi connectivity index (χ2v) is 6.19. The quantitative estimate of drug-likeness (QED) is 0.564. The van der Waals surface area contributed by atoms with Gasteiger partial charge in [0.15, 0.2) is 5.82 Å². The van der Waals surface area contributed by atoms with Gasteiger partial charge in [0.05, 0.1) is 18.8 Å². The molecular weight excluding hydrogens is 324 g/mol. The summed E-state index contributed by atoms with van der Waals surface area (Å²) in [6.07, 6.45) is 0. The summed E-state index contributed by atoms with van der Waals surface area (Å²) in [5.41, 5.74) is 4.16. The van der Waals surface area contributed by atoms with E-state index in [1.54, 1.807) is 7.11 Å². The van der Waals surface area contributed by atoms with E-state index >= 15 is 0 Å². The highest BCUT2D eigenvalue weighted by atomic mass is 16.5. The van der Waals surface area contributed by atoms with E-state index in [0.717, 1.165) is 22.6 Å². The van der Waals surface area contributed by atoms with Gasteiger partial charge in [0.2, 0.25) is 0 Å². The summed E-state index contributed by atoms with van der Waals surface area (Å²) in [6.45, 7) is 5.95. The van der Waals surface area contributed by atoms with Gasteiger partial charge >= 0.3 is 0 Å². The first-order chi connectivity index (χ1) is 12.5. The molecule has 0 aliphatic rings. The molecule has 2 aromatic carbocycles. The molecule has 0 radical (unpaired) electrons. The predicted molar refractivity (Wildman–Crippen MR) is 103 cm³/mol. The zero-order chi connectivity index (χ0) is 18.5. The molecule has 5 heteroatoms. The Morgan fingerprint density at radius 2 is 1.62 bits per heavy atom. The minimum absolute atomic E-state index is 0.0321. The lowest BCUT2D eigenvalue weighted by Gasteiger charge is -2.07. The summed E-state index contributed by atoms with van der Waals surface area (Å²) < 4.78 is 5.20. The van der Waals surface area contributed by atoms with Crippen LogP contribution in [0, 0.1) is 13.8 Å². The molecule has 0 saturated heterocycles. The minimum Gasteiger partial charge on any atom is -0.497 e. The molecule has 1 atom stereocenters. The Hall–Kier alpha value is -3.08. The van der Waals surface area contributed by atoms with Crippen molar-refractivity contribution < 1.29 is 4.74 Å². The molecule has 0 bridgehead atoms. The fourth-order valence-corrected chi connectivity index (χ4v) is 2.57. The third-order valence-corrected chi connectivity index (χ3v) is 4.10. The molecule has 0 fully saturated rings. The summed E-state index contributed by atoms with van der Waals surface area (Å²) in [7, 11) is 1.65. The zero-order valence-electron chi connectivity index (χ0n) is 15.5. The van der Waals surface area contributed by atoms with Crippen LogP contribution in [0.1, 0.15) is 29.9 Å². The highest BCUT2D eigenvalue weighted by Crippen LogP contribution is 2.25. The van der Waals surface area contributed by atoms with Crippen LogP contribution in [-0.2, 0) is 0 Å². The molecule has 0 N–H and O–H groups in total. The maximum absolute atomic E-state index is 5.20. The van der Waals surface area contributed by atoms with E-state index in [4.69, 9.17) is 4.74 Å². The van der Waals surface area contributed by atoms with E-state index in [1.807, 2.05) is 44.2 Å². The topological polar surface area (TPSA) is 59.7 Å². The Bertz CT molecular complexity index is 902. The number of aryl methyl sites for hydroxylation is 2. The fourth-order valence-electron chi connectivity index (χ4n) is 2.57. The molecule has 5 nitrogen and oxygen atoms in total. The summed E-state index contributed by atoms with van der Waals surface area (Å²) in [5.74, 6) is 2.03. The van der Waals surface area contributed by atoms with Crippen molar-refractivity contribution in [2.45, 2.75) is 26.8 Å². The molecule has 1 aromatic heterocycles. The van der Waals surface area contributed by atoms with Crippen molar-refractivity contribution in [3.05, 3.63) is 71.5 Å². The summed E-state index contributed by atoms with van der Waals surface area (Å²) in [6, 6.07) is 17.9. The van der Waals surface area contributed by atoms with E-state index in [0.29, 0.717) is 11.6 Å². The van der Waals surface area contributed by atoms with Crippen LogP contribution in [-0.4, -0.2) is 17.1 Å². The van der Waals surface area contributed by atoms with Crippen LogP contribution >= 0.6 is 0 Å². The number of azo groups is 1. The van der Waals surface area contributed by atoms with Gasteiger partial charge in [-0.15, -0.1) is 5.11 Å². The molecule has 0 aliphatic heterocycles. The SMILES string of the molecule is COc1ccc(-c2cc(N=NC(C)c3ccc(C)cc3)nc(C)n2)cc1. The van der Waals surface area contributed by atoms with Gasteiger partial charge in [-0.2, -0.15) is 5.11 Å². The van der Waals surface area contributed by atoms with Crippen molar-refractivity contribution in [3.8, 4) is 17.0 Å². The van der Waals surface area contributed by atoms with Crippen molar-refractivity contribution >= 4 is 5.82 Å². The highest BCUT2D eigenvalue weighted by Gasteiger charge is 2.07. The molecule has 0 amide bonds. The van der Waals surface area contributed by atoms with Crippen molar-refractivity contribution in [1.29, 1.82) is 0 Å². The smallest absolute Gasteiger partial charge is 0.177 e. The lowest BCUT2D eigenvalue weighted by molar-refractivity contribution is 0.415. The van der Waals surface area contributed by atoms with Crippen LogP contribution in [0.15, 0.2) is 64.8 Å². The van der Waals surface area contributed by atoms with Gasteiger partial charge in [-0.05, 0) is 50.6 Å². The normalized spacial score (nSPS) is 12.3. The first-order valence-corrected chi connectivity index (χ1v) is 8.52. The monoisotopic (exact) mass is 346 g/mol. The summed E-state index contributed by atoms with van der Waals surface area (Å²) >= 11 is 0. The number of ether oxygens (including phenoxy) is 1. The van der Waals surface area contributed by atoms with Crippen LogP contribution in [0.25, 0.3) is 11.3 Å². The second-order valence-electron chi connectivity index (χ2n) is 6.19. The van der Waals surface area contributed by atoms with Gasteiger partial charge in [0.25, 0.3) is 0 Å². The van der Waals surface area contributed by atoms with E-state index in [2.05, 4.69) is 51.4 Å². The Morgan fingerprint density at radius 1 is 0.923 bits per heavy atom. The molecule has 132 valence electrons. The molecule has 1 heterocycles. The average molecular weight is 346 g/mol. The van der Waals surface area contributed by atoms with Crippen molar-refractivity contribution in [2.24, 2.45) is 10.2 Å². The van der Waals surface area contributed by atoms with E-state index in [-0.39, 0.29) is 6.04 Å². The molecule has 1 unspecified atom stereocenters. The molecule has 0 saturated carbocycles. The number of aromatic nitrogens is 2. The highest BCUT2D eigenvalue weighted by molar-refractivity contribution is 5.62. The van der Waals surface area contributed by atoms with E-state index in [9.17, 15) is 0 Å². The fraction of sp³-hybridized carbons (Fsp3) is 0.238. The number of nitrogens with zero attached hydrogens (tertiary/aromatic N) is 4. The first kappa shape index (κ1) is 17.7. The molecule has 26 heavy (non-hydrogen) atoms. The van der Waals surface area contributed by atoms with Crippen LogP contribution in [0.3, 0.4) is 0 Å². The Morgan fingerprint density at radius 3 is 2.27 bits per heavy atom. The largest absolute Gasteiger partial charge is 0.497 e. The molecule has 3 aromatic rings. The van der Waals surface area contributed by atoms with Gasteiger partial charge in [-0.3, -0.25) is 0 Å². The van der Waals surface area contributed by atoms with E-state index < -0.39 is 0 Å². The summed E-state index contributed by atoms with van der Waals surface area (Å²) in [4.78, 5) is 8.88. The first-order valence-electron chi connectivity index (χ1n) is 8.52. The standard InChI is InChI=1S/C21H22N4O/c1-14-5-7-17(8-6-14)15(2)24-25-21-13-20(22-16(3)23-21)18-9-11-19(26-4)12-10-18/h5-13,15H,1-4H3. The Labute approximate surface area is 153 Å². The third-order valence-electron chi connectivity index (χ3n) is 4.10. The van der Waals surface area contributed by atoms with Crippen molar-refractivity contribution in [1.82, 2.24) is 9.97 Å². The average Bonchev–Trinajstić information content (AvgIpc) is 2.66. The second kappa shape index (κ2) is 7.87. The molecule has 3 rings (SSSR count). The lowest BCUT2D eigenvalue weighted by atomic mass is 10.1. The van der Waals surface area contributed by atoms with Gasteiger partial charge in [0, 0.05) is 11.6 Å². The van der Waals surface area contributed by atoms with Gasteiger partial charge in [0.1, 0.15) is 11.6 Å². The summed E-state index contributed by atoms with van der Waals surface area (Å²) in [5, 5.41) is 8.75. The number of hydrogen-bond donors (Lipinski definition) is 0. The van der Waals surface area contributed by atoms with Crippen LogP contribution in [0.2, 0.25) is 0 Å². The zero-order valence-corrected chi connectivity index (χ0v) is 15.5. The van der Waals surface area contributed by atoms with E-state index in [1.165, 1.54) is 5.56 Å². The Balaban J connectivity index is 1.83. The molecule has 0 aliphatic carbocycles. The van der Waals surface area contributed by atoms with Crippen LogP contribution in [0.5, 0.6) is 5.75 Å². The predicted octanol–water partition coefficient (Wildman–Crippen LogP) is 5.61. The maximum atomic E-state index is 5.20. The number of benzene rings is 2. The maximum Gasteiger partial charge on any atom is 0.177 e. The van der Waals surface area contributed by atoms with Crippen molar-refractivity contribution in [2.75, 3.05) is 7.11 Å². The number of hydrogen-bond acceptors (Lipinski definition) is 5. The van der Waals surface area contributed by atoms with Gasteiger partial charge in [-0.1, -0.05) is 29.8 Å². The van der Waals surface area contributed by atoms with Gasteiger partial charge < -0.3 is 4.74 Å². The number of methoxy groups -OCH3 is 1. The van der Waals surface area contributed by atoms with Gasteiger partial charge in [-0.25, -0.2) is 9.97 Å². The Kier molecular flexibility index (Phi) is 5.37. The molecule has 0 spiro atoms. The third kappa shape index (κ3) is 4.30. The van der Waals surface area contributed by atoms with Crippen molar-refractivity contribution in [3.63, 3.8) is 0 Å². The van der Waals surface area contributed by atoms with Crippen LogP contribution in [0.4, 0.5) is 5.82 Å².